The summed E-state index contributed by atoms with van der Waals surface area (Å²) >= 11 is 0. The molecule has 2 aromatic rings. The van der Waals surface area contributed by atoms with Crippen LogP contribution in [0.5, 0.6) is 0 Å². The Bertz CT molecular complexity index is 704. The number of likely N-dealkylation sites (N-methyl/N-ethyl adjacent to an activating group) is 1. The molecule has 0 bridgehead atoms. The van der Waals surface area contributed by atoms with Crippen molar-refractivity contribution in [1.29, 1.82) is 5.26 Å². The van der Waals surface area contributed by atoms with Crippen molar-refractivity contribution in [1.82, 2.24) is 19.7 Å². The van der Waals surface area contributed by atoms with Crippen molar-refractivity contribution in [3.63, 3.8) is 0 Å². The lowest BCUT2D eigenvalue weighted by molar-refractivity contribution is -0.147. The third-order valence-corrected chi connectivity index (χ3v) is 3.39. The van der Waals surface area contributed by atoms with Crippen LogP contribution in [-0.4, -0.2) is 39.8 Å². The third-order valence-electron chi connectivity index (χ3n) is 3.39. The van der Waals surface area contributed by atoms with Crippen LogP contribution in [0.3, 0.4) is 0 Å². The van der Waals surface area contributed by atoms with Crippen LogP contribution in [0.4, 0.5) is 0 Å². The van der Waals surface area contributed by atoms with Gasteiger partial charge in [-0.05, 0) is 24.7 Å². The largest absolute Gasteiger partial charge is 0.468 e. The van der Waals surface area contributed by atoms with Gasteiger partial charge in [0.25, 0.3) is 0 Å². The molecule has 2 rings (SSSR count). The first-order valence-electron chi connectivity index (χ1n) is 6.67. The maximum Gasteiger partial charge on any atom is 0.327 e. The van der Waals surface area contributed by atoms with Crippen LogP contribution in [0.2, 0.25) is 0 Å². The van der Waals surface area contributed by atoms with E-state index in [4.69, 9.17) is 10.00 Å². The number of aromatic nitrogens is 3. The van der Waals surface area contributed by atoms with Crippen LogP contribution in [0, 0.1) is 11.3 Å². The van der Waals surface area contributed by atoms with E-state index in [2.05, 4.69) is 16.2 Å². The molecule has 7 nitrogen and oxygen atoms in total. The highest BCUT2D eigenvalue weighted by Crippen LogP contribution is 2.23. The van der Waals surface area contributed by atoms with Gasteiger partial charge in [-0.15, -0.1) is 0 Å². The zero-order valence-corrected chi connectivity index (χ0v) is 12.7. The number of nitrogens with zero attached hydrogens (tertiary/aromatic N) is 5. The Labute approximate surface area is 128 Å². The highest BCUT2D eigenvalue weighted by atomic mass is 16.5. The maximum absolute atomic E-state index is 12.2. The van der Waals surface area contributed by atoms with E-state index in [1.165, 1.54) is 13.4 Å². The number of nitriles is 1. The number of benzene rings is 1. The molecule has 22 heavy (non-hydrogen) atoms. The summed E-state index contributed by atoms with van der Waals surface area (Å²) in [4.78, 5) is 18.1. The molecule has 0 aliphatic carbocycles. The van der Waals surface area contributed by atoms with Crippen molar-refractivity contribution in [2.45, 2.75) is 12.6 Å². The Morgan fingerprint density at radius 3 is 2.91 bits per heavy atom. The monoisotopic (exact) mass is 299 g/mol. The lowest BCUT2D eigenvalue weighted by Crippen LogP contribution is -2.32. The summed E-state index contributed by atoms with van der Waals surface area (Å²) in [5.41, 5.74) is 1.20. The van der Waals surface area contributed by atoms with Gasteiger partial charge < -0.3 is 4.74 Å². The number of carbonyl (C=O) groups excluding carboxylic acids is 1. The van der Waals surface area contributed by atoms with E-state index in [0.29, 0.717) is 17.7 Å². The van der Waals surface area contributed by atoms with E-state index in [9.17, 15) is 4.79 Å². The van der Waals surface area contributed by atoms with E-state index in [-0.39, 0.29) is 5.97 Å². The number of hydrogen-bond donors (Lipinski definition) is 0. The van der Waals surface area contributed by atoms with E-state index in [1.807, 2.05) is 4.90 Å². The van der Waals surface area contributed by atoms with Crippen LogP contribution < -0.4 is 0 Å². The van der Waals surface area contributed by atoms with Crippen molar-refractivity contribution in [3.8, 4) is 6.07 Å². The van der Waals surface area contributed by atoms with Gasteiger partial charge in [0.1, 0.15) is 18.2 Å². The molecule has 114 valence electrons. The second kappa shape index (κ2) is 6.83. The summed E-state index contributed by atoms with van der Waals surface area (Å²) < 4.78 is 6.55. The number of carbonyl (C=O) groups is 1. The summed E-state index contributed by atoms with van der Waals surface area (Å²) in [6, 6.07) is 8.40. The standard InChI is InChI=1S/C15H17N5O2/c1-19(9-13-17-10-18-20(13)2)14(15(21)22-3)12-6-4-5-11(7-12)8-16/h4-7,10,14H,9H2,1-3H3. The van der Waals surface area contributed by atoms with Crippen LogP contribution in [0.15, 0.2) is 30.6 Å². The van der Waals surface area contributed by atoms with Gasteiger partial charge in [-0.25, -0.2) is 9.78 Å². The SMILES string of the molecule is COC(=O)C(c1cccc(C#N)c1)N(C)Cc1ncnn1C. The Hall–Kier alpha value is -2.72. The number of aryl methyl sites for hydroxylation is 1. The molecule has 0 radical (unpaired) electrons. The van der Waals surface area contributed by atoms with Crippen molar-refractivity contribution in [2.24, 2.45) is 7.05 Å². The number of methoxy groups -OCH3 is 1. The molecule has 0 saturated carbocycles. The van der Waals surface area contributed by atoms with Crippen molar-refractivity contribution in [3.05, 3.63) is 47.5 Å². The Balaban J connectivity index is 2.31. The number of hydrogen-bond acceptors (Lipinski definition) is 6. The van der Waals surface area contributed by atoms with Gasteiger partial charge in [-0.2, -0.15) is 10.4 Å². The van der Waals surface area contributed by atoms with Gasteiger partial charge in [0.2, 0.25) is 0 Å². The molecular weight excluding hydrogens is 282 g/mol. The summed E-state index contributed by atoms with van der Waals surface area (Å²) in [6.45, 7) is 0.424. The second-order valence-electron chi connectivity index (χ2n) is 4.88. The van der Waals surface area contributed by atoms with Crippen LogP contribution >= 0.6 is 0 Å². The van der Waals surface area contributed by atoms with Gasteiger partial charge >= 0.3 is 5.97 Å². The quantitative estimate of drug-likeness (QED) is 0.767. The molecule has 0 spiro atoms. The Morgan fingerprint density at radius 1 is 1.55 bits per heavy atom. The van der Waals surface area contributed by atoms with Crippen molar-refractivity contribution in [2.75, 3.05) is 14.2 Å². The normalized spacial score (nSPS) is 12.0. The maximum atomic E-state index is 12.2. The molecule has 7 heteroatoms. The summed E-state index contributed by atoms with van der Waals surface area (Å²) in [5.74, 6) is 0.340. The minimum atomic E-state index is -0.616. The molecular formula is C15H17N5O2. The van der Waals surface area contributed by atoms with Gasteiger partial charge in [-0.3, -0.25) is 9.58 Å². The smallest absolute Gasteiger partial charge is 0.327 e. The number of ether oxygens (including phenoxy) is 1. The molecule has 0 aliphatic heterocycles. The van der Waals surface area contributed by atoms with Gasteiger partial charge in [0, 0.05) is 7.05 Å². The van der Waals surface area contributed by atoms with Crippen LogP contribution in [0.1, 0.15) is 23.0 Å². The van der Waals surface area contributed by atoms with Crippen LogP contribution in [0.25, 0.3) is 0 Å². The second-order valence-corrected chi connectivity index (χ2v) is 4.88. The molecule has 0 aliphatic rings. The van der Waals surface area contributed by atoms with Gasteiger partial charge in [0.05, 0.1) is 25.3 Å². The molecule has 0 N–H and O–H groups in total. The predicted molar refractivity (Wildman–Crippen MR) is 78.4 cm³/mol. The molecule has 0 saturated heterocycles. The average Bonchev–Trinajstić information content (AvgIpc) is 2.92. The molecule has 1 atom stereocenters. The van der Waals surface area contributed by atoms with Crippen molar-refractivity contribution < 1.29 is 9.53 Å². The topological polar surface area (TPSA) is 84.0 Å². The Kier molecular flexibility index (Phi) is 4.86. The molecule has 0 amide bonds. The summed E-state index contributed by atoms with van der Waals surface area (Å²) in [7, 11) is 4.94. The van der Waals surface area contributed by atoms with E-state index < -0.39 is 6.04 Å². The summed E-state index contributed by atoms with van der Waals surface area (Å²) in [6.07, 6.45) is 1.46. The molecule has 1 aromatic carbocycles. The zero-order chi connectivity index (χ0) is 16.1. The number of rotatable bonds is 5. The molecule has 0 fully saturated rings. The van der Waals surface area contributed by atoms with E-state index in [0.717, 1.165) is 5.82 Å². The van der Waals surface area contributed by atoms with Gasteiger partial charge in [-0.1, -0.05) is 12.1 Å². The Morgan fingerprint density at radius 2 is 2.32 bits per heavy atom. The highest BCUT2D eigenvalue weighted by molar-refractivity contribution is 5.77. The fraction of sp³-hybridized carbons (Fsp3) is 0.333. The molecule has 1 aromatic heterocycles. The molecule has 1 unspecified atom stereocenters. The minimum absolute atomic E-state index is 0.389. The minimum Gasteiger partial charge on any atom is -0.468 e. The fourth-order valence-electron chi connectivity index (χ4n) is 2.24. The first-order chi connectivity index (χ1) is 10.6. The fourth-order valence-corrected chi connectivity index (χ4v) is 2.24. The first kappa shape index (κ1) is 15.7. The highest BCUT2D eigenvalue weighted by Gasteiger charge is 2.27. The lowest BCUT2D eigenvalue weighted by atomic mass is 10.0. The molecule has 1 heterocycles. The predicted octanol–water partition coefficient (Wildman–Crippen LogP) is 1.03. The summed E-state index contributed by atoms with van der Waals surface area (Å²) in [5, 5.41) is 13.0. The van der Waals surface area contributed by atoms with E-state index in [1.54, 1.807) is 43.0 Å². The first-order valence-corrected chi connectivity index (χ1v) is 6.67. The van der Waals surface area contributed by atoms with E-state index >= 15 is 0 Å². The van der Waals surface area contributed by atoms with Gasteiger partial charge in [0.15, 0.2) is 0 Å². The zero-order valence-electron chi connectivity index (χ0n) is 12.7. The van der Waals surface area contributed by atoms with Crippen LogP contribution in [-0.2, 0) is 23.1 Å². The lowest BCUT2D eigenvalue weighted by Gasteiger charge is -2.25. The third kappa shape index (κ3) is 3.30. The van der Waals surface area contributed by atoms with Crippen molar-refractivity contribution >= 4 is 5.97 Å². The number of esters is 1. The average molecular weight is 299 g/mol.